The quantitative estimate of drug-likeness (QED) is 0.478. The van der Waals surface area contributed by atoms with E-state index in [4.69, 9.17) is 0 Å². The van der Waals surface area contributed by atoms with Crippen molar-refractivity contribution in [1.82, 2.24) is 4.90 Å². The summed E-state index contributed by atoms with van der Waals surface area (Å²) in [6.07, 6.45) is 0. The van der Waals surface area contributed by atoms with Crippen LogP contribution in [0.5, 0.6) is 0 Å². The van der Waals surface area contributed by atoms with Gasteiger partial charge in [0.15, 0.2) is 0 Å². The van der Waals surface area contributed by atoms with Gasteiger partial charge in [0.1, 0.15) is 0 Å². The molecule has 0 spiro atoms. The van der Waals surface area contributed by atoms with Crippen LogP contribution in [0, 0.1) is 0 Å². The Morgan fingerprint density at radius 3 is 1.50 bits per heavy atom. The lowest BCUT2D eigenvalue weighted by atomic mass is 10.1. The number of carbonyl (C=O) groups excluding carboxylic acids is 1. The molecule has 0 atom stereocenters. The molecule has 0 N–H and O–H groups in total. The van der Waals surface area contributed by atoms with E-state index >= 15 is 0 Å². The molecule has 4 aromatic carbocycles. The number of fused-ring (bicyclic) bond motifs is 2. The molecular formula is C24H21NO. The molecule has 2 nitrogen and oxygen atoms in total. The second-order valence-corrected chi connectivity index (χ2v) is 6.74. The third-order valence-electron chi connectivity index (χ3n) is 4.82. The number of hydrogen-bond acceptors (Lipinski definition) is 1. The van der Waals surface area contributed by atoms with Gasteiger partial charge in [-0.3, -0.25) is 4.79 Å². The van der Waals surface area contributed by atoms with Crippen LogP contribution in [-0.4, -0.2) is 10.8 Å². The first-order valence-corrected chi connectivity index (χ1v) is 8.90. The highest BCUT2D eigenvalue weighted by molar-refractivity contribution is 5.84. The van der Waals surface area contributed by atoms with E-state index in [9.17, 15) is 4.79 Å². The largest absolute Gasteiger partial charge is 0.334 e. The monoisotopic (exact) mass is 339 g/mol. The summed E-state index contributed by atoms with van der Waals surface area (Å²) in [5.74, 6) is 0.0892. The fraction of sp³-hybridized carbons (Fsp3) is 0.125. The molecule has 0 aromatic heterocycles. The Labute approximate surface area is 153 Å². The Morgan fingerprint density at radius 1 is 0.654 bits per heavy atom. The minimum Gasteiger partial charge on any atom is -0.334 e. The number of benzene rings is 4. The summed E-state index contributed by atoms with van der Waals surface area (Å²) < 4.78 is 0. The average molecular weight is 339 g/mol. The highest BCUT2D eigenvalue weighted by Crippen LogP contribution is 2.20. The van der Waals surface area contributed by atoms with Crippen LogP contribution in [0.25, 0.3) is 21.5 Å². The SMILES string of the molecule is CC(=O)N(Cc1ccc2ccccc2c1)Cc1ccc2ccccc2c1. The zero-order valence-electron chi connectivity index (χ0n) is 14.9. The molecule has 0 bridgehead atoms. The van der Waals surface area contributed by atoms with E-state index in [0.717, 1.165) is 11.1 Å². The molecule has 0 saturated heterocycles. The fourth-order valence-electron chi connectivity index (χ4n) is 3.39. The zero-order chi connectivity index (χ0) is 17.9. The van der Waals surface area contributed by atoms with Gasteiger partial charge >= 0.3 is 0 Å². The van der Waals surface area contributed by atoms with E-state index in [1.165, 1.54) is 21.5 Å². The summed E-state index contributed by atoms with van der Waals surface area (Å²) in [5, 5.41) is 4.86. The third-order valence-corrected chi connectivity index (χ3v) is 4.82. The number of carbonyl (C=O) groups is 1. The van der Waals surface area contributed by atoms with Crippen LogP contribution in [0.2, 0.25) is 0 Å². The van der Waals surface area contributed by atoms with E-state index in [0.29, 0.717) is 13.1 Å². The Balaban J connectivity index is 1.59. The van der Waals surface area contributed by atoms with Crippen LogP contribution in [-0.2, 0) is 17.9 Å². The first-order valence-electron chi connectivity index (χ1n) is 8.90. The highest BCUT2D eigenvalue weighted by Gasteiger charge is 2.11. The van der Waals surface area contributed by atoms with Crippen LogP contribution < -0.4 is 0 Å². The molecular weight excluding hydrogens is 318 g/mol. The molecule has 4 aromatic rings. The normalized spacial score (nSPS) is 11.0. The van der Waals surface area contributed by atoms with E-state index < -0.39 is 0 Å². The van der Waals surface area contributed by atoms with Crippen molar-refractivity contribution in [3.05, 3.63) is 96.1 Å². The molecule has 0 aliphatic rings. The van der Waals surface area contributed by atoms with E-state index in [1.54, 1.807) is 6.92 Å². The average Bonchev–Trinajstić information content (AvgIpc) is 2.67. The molecule has 0 radical (unpaired) electrons. The first-order chi connectivity index (χ1) is 12.7. The Morgan fingerprint density at radius 2 is 1.08 bits per heavy atom. The summed E-state index contributed by atoms with van der Waals surface area (Å²) >= 11 is 0. The van der Waals surface area contributed by atoms with Crippen LogP contribution >= 0.6 is 0 Å². The molecule has 2 heteroatoms. The second-order valence-electron chi connectivity index (χ2n) is 6.74. The summed E-state index contributed by atoms with van der Waals surface area (Å²) in [6.45, 7) is 2.88. The molecule has 0 fully saturated rings. The minimum atomic E-state index is 0.0892. The van der Waals surface area contributed by atoms with Gasteiger partial charge in [-0.25, -0.2) is 0 Å². The van der Waals surface area contributed by atoms with Gasteiger partial charge in [-0.2, -0.15) is 0 Å². The molecule has 0 heterocycles. The van der Waals surface area contributed by atoms with Crippen molar-refractivity contribution < 1.29 is 4.79 Å². The standard InChI is InChI=1S/C24H21NO/c1-18(26)25(16-19-10-12-21-6-2-4-8-23(21)14-19)17-20-11-13-22-7-3-5-9-24(22)15-20/h2-15H,16-17H2,1H3. The lowest BCUT2D eigenvalue weighted by Gasteiger charge is -2.22. The van der Waals surface area contributed by atoms with Crippen LogP contribution in [0.3, 0.4) is 0 Å². The third kappa shape index (κ3) is 3.45. The van der Waals surface area contributed by atoms with Crippen molar-refractivity contribution in [3.63, 3.8) is 0 Å². The maximum Gasteiger partial charge on any atom is 0.220 e. The topological polar surface area (TPSA) is 20.3 Å². The molecule has 0 aliphatic carbocycles. The fourth-order valence-corrected chi connectivity index (χ4v) is 3.39. The molecule has 0 aliphatic heterocycles. The predicted molar refractivity (Wildman–Crippen MR) is 108 cm³/mol. The summed E-state index contributed by atoms with van der Waals surface area (Å²) in [4.78, 5) is 14.1. The van der Waals surface area contributed by atoms with E-state index in [1.807, 2.05) is 29.2 Å². The molecule has 4 rings (SSSR count). The van der Waals surface area contributed by atoms with Gasteiger partial charge in [0.05, 0.1) is 0 Å². The number of hydrogen-bond donors (Lipinski definition) is 0. The number of nitrogens with zero attached hydrogens (tertiary/aromatic N) is 1. The highest BCUT2D eigenvalue weighted by atomic mass is 16.2. The van der Waals surface area contributed by atoms with Gasteiger partial charge in [0.2, 0.25) is 5.91 Å². The Kier molecular flexibility index (Phi) is 4.40. The molecule has 0 unspecified atom stereocenters. The maximum absolute atomic E-state index is 12.2. The number of rotatable bonds is 4. The molecule has 0 saturated carbocycles. The lowest BCUT2D eigenvalue weighted by molar-refractivity contribution is -0.130. The van der Waals surface area contributed by atoms with Crippen molar-refractivity contribution in [3.8, 4) is 0 Å². The molecule has 128 valence electrons. The van der Waals surface area contributed by atoms with Gasteiger partial charge in [0.25, 0.3) is 0 Å². The summed E-state index contributed by atoms with van der Waals surface area (Å²) in [6, 6.07) is 29.4. The first kappa shape index (κ1) is 16.3. The van der Waals surface area contributed by atoms with Crippen molar-refractivity contribution in [2.75, 3.05) is 0 Å². The van der Waals surface area contributed by atoms with E-state index in [2.05, 4.69) is 60.7 Å². The van der Waals surface area contributed by atoms with Gasteiger partial charge in [-0.05, 0) is 44.8 Å². The smallest absolute Gasteiger partial charge is 0.220 e. The Hall–Kier alpha value is -3.13. The molecule has 26 heavy (non-hydrogen) atoms. The zero-order valence-corrected chi connectivity index (χ0v) is 14.9. The second kappa shape index (κ2) is 7.01. The summed E-state index contributed by atoms with van der Waals surface area (Å²) in [5.41, 5.74) is 2.30. The number of amides is 1. The maximum atomic E-state index is 12.2. The van der Waals surface area contributed by atoms with Crippen molar-refractivity contribution in [1.29, 1.82) is 0 Å². The van der Waals surface area contributed by atoms with Crippen LogP contribution in [0.4, 0.5) is 0 Å². The van der Waals surface area contributed by atoms with Crippen LogP contribution in [0.1, 0.15) is 18.1 Å². The van der Waals surface area contributed by atoms with Crippen molar-refractivity contribution in [2.24, 2.45) is 0 Å². The van der Waals surface area contributed by atoms with Crippen molar-refractivity contribution in [2.45, 2.75) is 20.0 Å². The van der Waals surface area contributed by atoms with Crippen molar-refractivity contribution >= 4 is 27.5 Å². The van der Waals surface area contributed by atoms with Gasteiger partial charge in [0, 0.05) is 20.0 Å². The predicted octanol–water partition coefficient (Wildman–Crippen LogP) is 5.54. The molecule has 1 amide bonds. The minimum absolute atomic E-state index is 0.0892. The van der Waals surface area contributed by atoms with E-state index in [-0.39, 0.29) is 5.91 Å². The van der Waals surface area contributed by atoms with Gasteiger partial charge in [-0.15, -0.1) is 0 Å². The van der Waals surface area contributed by atoms with Gasteiger partial charge in [-0.1, -0.05) is 72.8 Å². The van der Waals surface area contributed by atoms with Gasteiger partial charge < -0.3 is 4.90 Å². The summed E-state index contributed by atoms with van der Waals surface area (Å²) in [7, 11) is 0. The Bertz CT molecular complexity index is 1000. The van der Waals surface area contributed by atoms with Crippen LogP contribution in [0.15, 0.2) is 84.9 Å². The lowest BCUT2D eigenvalue weighted by Crippen LogP contribution is -2.27.